The van der Waals surface area contributed by atoms with Crippen molar-refractivity contribution >= 4 is 11.6 Å². The molecule has 16 heavy (non-hydrogen) atoms. The van der Waals surface area contributed by atoms with Gasteiger partial charge in [-0.05, 0) is 25.3 Å². The van der Waals surface area contributed by atoms with E-state index in [0.717, 1.165) is 28.8 Å². The molecule has 1 amide bonds. The van der Waals surface area contributed by atoms with Crippen LogP contribution in [0.5, 0.6) is 0 Å². The Balaban J connectivity index is 2.51. The highest BCUT2D eigenvalue weighted by molar-refractivity contribution is 5.95. The van der Waals surface area contributed by atoms with Gasteiger partial charge >= 0.3 is 0 Å². The molecule has 1 atom stereocenters. The van der Waals surface area contributed by atoms with E-state index in [1.54, 1.807) is 0 Å². The summed E-state index contributed by atoms with van der Waals surface area (Å²) in [5.74, 6) is 0.0425. The van der Waals surface area contributed by atoms with E-state index in [4.69, 9.17) is 0 Å². The van der Waals surface area contributed by atoms with E-state index in [-0.39, 0.29) is 5.91 Å². The van der Waals surface area contributed by atoms with Crippen LogP contribution in [0.3, 0.4) is 0 Å². The number of hydrogen-bond donors (Lipinski definition) is 2. The summed E-state index contributed by atoms with van der Waals surface area (Å²) in [6.07, 6.45) is 1.47. The summed E-state index contributed by atoms with van der Waals surface area (Å²) in [7, 11) is 0. The highest BCUT2D eigenvalue weighted by Gasteiger charge is 2.21. The fourth-order valence-electron chi connectivity index (χ4n) is 2.17. The summed E-state index contributed by atoms with van der Waals surface area (Å²) in [4.78, 5) is 11.4. The van der Waals surface area contributed by atoms with Gasteiger partial charge in [0.15, 0.2) is 0 Å². The Labute approximate surface area is 95.5 Å². The number of anilines is 1. The Kier molecular flexibility index (Phi) is 2.97. The van der Waals surface area contributed by atoms with Crippen molar-refractivity contribution in [2.45, 2.75) is 39.2 Å². The van der Waals surface area contributed by atoms with Gasteiger partial charge in [0.25, 0.3) is 0 Å². The standard InChI is InChI=1S/C13H17NO2/c1-3-11(15)10-7-8(2)6-9-4-5-12(16)14-13(9)10/h6-7,11,15H,3-5H2,1-2H3,(H,14,16). The second-order valence-electron chi connectivity index (χ2n) is 4.36. The maximum atomic E-state index is 11.4. The lowest BCUT2D eigenvalue weighted by Gasteiger charge is -2.23. The first-order valence-corrected chi connectivity index (χ1v) is 5.73. The minimum Gasteiger partial charge on any atom is -0.388 e. The first kappa shape index (κ1) is 11.1. The smallest absolute Gasteiger partial charge is 0.224 e. The molecule has 1 aliphatic rings. The van der Waals surface area contributed by atoms with Crippen molar-refractivity contribution < 1.29 is 9.90 Å². The molecule has 0 saturated heterocycles. The Morgan fingerprint density at radius 2 is 2.19 bits per heavy atom. The summed E-state index contributed by atoms with van der Waals surface area (Å²) in [5.41, 5.74) is 3.96. The van der Waals surface area contributed by atoms with Crippen LogP contribution in [-0.4, -0.2) is 11.0 Å². The number of amides is 1. The highest BCUT2D eigenvalue weighted by Crippen LogP contribution is 2.33. The van der Waals surface area contributed by atoms with E-state index in [1.807, 2.05) is 19.9 Å². The van der Waals surface area contributed by atoms with Crippen molar-refractivity contribution in [3.63, 3.8) is 0 Å². The number of aryl methyl sites for hydroxylation is 2. The zero-order valence-electron chi connectivity index (χ0n) is 9.71. The average molecular weight is 219 g/mol. The predicted molar refractivity (Wildman–Crippen MR) is 63.4 cm³/mol. The van der Waals surface area contributed by atoms with Crippen molar-refractivity contribution in [1.29, 1.82) is 0 Å². The van der Waals surface area contributed by atoms with E-state index in [0.29, 0.717) is 12.8 Å². The predicted octanol–water partition coefficient (Wildman–Crippen LogP) is 2.32. The molecular formula is C13H17NO2. The second kappa shape index (κ2) is 4.26. The van der Waals surface area contributed by atoms with E-state index >= 15 is 0 Å². The lowest BCUT2D eigenvalue weighted by molar-refractivity contribution is -0.116. The van der Waals surface area contributed by atoms with Crippen LogP contribution in [0, 0.1) is 6.92 Å². The molecule has 1 aliphatic heterocycles. The van der Waals surface area contributed by atoms with E-state index in [9.17, 15) is 9.90 Å². The lowest BCUT2D eigenvalue weighted by Crippen LogP contribution is -2.21. The molecule has 0 bridgehead atoms. The largest absolute Gasteiger partial charge is 0.388 e. The van der Waals surface area contributed by atoms with E-state index in [2.05, 4.69) is 11.4 Å². The van der Waals surface area contributed by atoms with E-state index < -0.39 is 6.10 Å². The van der Waals surface area contributed by atoms with Gasteiger partial charge in [0, 0.05) is 17.7 Å². The maximum absolute atomic E-state index is 11.4. The number of nitrogens with one attached hydrogen (secondary N) is 1. The third-order valence-corrected chi connectivity index (χ3v) is 3.03. The number of aliphatic hydroxyl groups is 1. The first-order valence-electron chi connectivity index (χ1n) is 5.73. The number of carbonyl (C=O) groups is 1. The van der Waals surface area contributed by atoms with Crippen LogP contribution in [0.1, 0.15) is 42.6 Å². The Morgan fingerprint density at radius 3 is 2.88 bits per heavy atom. The number of carbonyl (C=O) groups excluding carboxylic acids is 1. The summed E-state index contributed by atoms with van der Waals surface area (Å²) < 4.78 is 0. The third kappa shape index (κ3) is 1.95. The van der Waals surface area contributed by atoms with Crippen LogP contribution >= 0.6 is 0 Å². The van der Waals surface area contributed by atoms with E-state index in [1.165, 1.54) is 0 Å². The van der Waals surface area contributed by atoms with Crippen molar-refractivity contribution in [2.24, 2.45) is 0 Å². The molecule has 86 valence electrons. The van der Waals surface area contributed by atoms with Crippen LogP contribution in [0.15, 0.2) is 12.1 Å². The summed E-state index contributed by atoms with van der Waals surface area (Å²) in [6.45, 7) is 3.95. The summed E-state index contributed by atoms with van der Waals surface area (Å²) in [6, 6.07) is 4.04. The van der Waals surface area contributed by atoms with Gasteiger partial charge in [-0.1, -0.05) is 24.6 Å². The number of rotatable bonds is 2. The van der Waals surface area contributed by atoms with Crippen LogP contribution in [-0.2, 0) is 11.2 Å². The lowest BCUT2D eigenvalue weighted by atomic mass is 9.93. The van der Waals surface area contributed by atoms with Crippen molar-refractivity contribution in [2.75, 3.05) is 5.32 Å². The minimum absolute atomic E-state index is 0.0425. The van der Waals surface area contributed by atoms with Gasteiger partial charge in [-0.3, -0.25) is 4.79 Å². The van der Waals surface area contributed by atoms with Crippen molar-refractivity contribution in [3.8, 4) is 0 Å². The van der Waals surface area contributed by atoms with Crippen molar-refractivity contribution in [1.82, 2.24) is 0 Å². The molecule has 0 aliphatic carbocycles. The maximum Gasteiger partial charge on any atom is 0.224 e. The quantitative estimate of drug-likeness (QED) is 0.802. The molecule has 1 aromatic carbocycles. The molecule has 1 heterocycles. The van der Waals surface area contributed by atoms with Gasteiger partial charge in [-0.25, -0.2) is 0 Å². The molecule has 2 N–H and O–H groups in total. The first-order chi connectivity index (χ1) is 7.61. The molecule has 3 heteroatoms. The van der Waals surface area contributed by atoms with Gasteiger partial charge in [0.05, 0.1) is 6.10 Å². The van der Waals surface area contributed by atoms with Crippen LogP contribution in [0.2, 0.25) is 0 Å². The highest BCUT2D eigenvalue weighted by atomic mass is 16.3. The van der Waals surface area contributed by atoms with Gasteiger partial charge < -0.3 is 10.4 Å². The minimum atomic E-state index is -0.493. The van der Waals surface area contributed by atoms with Crippen LogP contribution in [0.25, 0.3) is 0 Å². The second-order valence-corrected chi connectivity index (χ2v) is 4.36. The van der Waals surface area contributed by atoms with Crippen LogP contribution < -0.4 is 5.32 Å². The zero-order chi connectivity index (χ0) is 11.7. The molecule has 0 aromatic heterocycles. The normalized spacial score (nSPS) is 16.6. The van der Waals surface area contributed by atoms with Gasteiger partial charge in [0.2, 0.25) is 5.91 Å². The zero-order valence-corrected chi connectivity index (χ0v) is 9.71. The molecule has 1 aromatic rings. The molecule has 0 fully saturated rings. The molecule has 0 spiro atoms. The summed E-state index contributed by atoms with van der Waals surface area (Å²) in [5, 5.41) is 12.8. The monoisotopic (exact) mass is 219 g/mol. The number of fused-ring (bicyclic) bond motifs is 1. The summed E-state index contributed by atoms with van der Waals surface area (Å²) >= 11 is 0. The number of hydrogen-bond acceptors (Lipinski definition) is 2. The molecular weight excluding hydrogens is 202 g/mol. The fraction of sp³-hybridized carbons (Fsp3) is 0.462. The van der Waals surface area contributed by atoms with Crippen molar-refractivity contribution in [3.05, 3.63) is 28.8 Å². The average Bonchev–Trinajstić information content (AvgIpc) is 2.27. The van der Waals surface area contributed by atoms with Gasteiger partial charge in [-0.2, -0.15) is 0 Å². The molecule has 0 saturated carbocycles. The third-order valence-electron chi connectivity index (χ3n) is 3.03. The molecule has 2 rings (SSSR count). The Bertz CT molecular complexity index is 426. The van der Waals surface area contributed by atoms with Gasteiger partial charge in [0.1, 0.15) is 0 Å². The topological polar surface area (TPSA) is 49.3 Å². The number of aliphatic hydroxyl groups excluding tert-OH is 1. The Morgan fingerprint density at radius 1 is 1.44 bits per heavy atom. The SMILES string of the molecule is CCC(O)c1cc(C)cc2c1NC(=O)CC2. The fourth-order valence-corrected chi connectivity index (χ4v) is 2.17. The molecule has 0 radical (unpaired) electrons. The van der Waals surface area contributed by atoms with Gasteiger partial charge in [-0.15, -0.1) is 0 Å². The molecule has 3 nitrogen and oxygen atoms in total. The molecule has 1 unspecified atom stereocenters. The number of benzene rings is 1. The van der Waals surface area contributed by atoms with Crippen LogP contribution in [0.4, 0.5) is 5.69 Å². The Hall–Kier alpha value is -1.35.